The van der Waals surface area contributed by atoms with Crippen molar-refractivity contribution in [1.29, 1.82) is 0 Å². The second-order valence-electron chi connectivity index (χ2n) is 7.54. The molecule has 4 rings (SSSR count). The lowest BCUT2D eigenvalue weighted by atomic mass is 9.67. The molecule has 0 bridgehead atoms. The number of rotatable bonds is 3. The minimum Gasteiger partial charge on any atom is -0.318 e. The summed E-state index contributed by atoms with van der Waals surface area (Å²) in [6.07, 6.45) is 5.92. The molecular formula is C23H23NO3. The number of nitrogens with zero attached hydrogens (tertiary/aromatic N) is 1. The Morgan fingerprint density at radius 1 is 0.926 bits per heavy atom. The summed E-state index contributed by atoms with van der Waals surface area (Å²) in [7, 11) is 0. The maximum Gasteiger partial charge on any atom is 0.331 e. The van der Waals surface area contributed by atoms with Crippen molar-refractivity contribution >= 4 is 17.5 Å². The molecule has 1 spiro atoms. The molecule has 0 aromatic heterocycles. The van der Waals surface area contributed by atoms with Gasteiger partial charge in [-0.1, -0.05) is 60.8 Å². The Kier molecular flexibility index (Phi) is 4.42. The third-order valence-corrected chi connectivity index (χ3v) is 5.88. The van der Waals surface area contributed by atoms with Crippen molar-refractivity contribution in [1.82, 2.24) is 0 Å². The summed E-state index contributed by atoms with van der Waals surface area (Å²) in [5.74, 6) is -0.742. The van der Waals surface area contributed by atoms with Gasteiger partial charge in [-0.2, -0.15) is 0 Å². The Labute approximate surface area is 159 Å². The van der Waals surface area contributed by atoms with Gasteiger partial charge in [0.2, 0.25) is 5.78 Å². The van der Waals surface area contributed by atoms with E-state index in [1.165, 1.54) is 48.4 Å². The zero-order valence-electron chi connectivity index (χ0n) is 15.7. The third kappa shape index (κ3) is 2.89. The molecular weight excluding hydrogens is 338 g/mol. The molecule has 0 atom stereocenters. The van der Waals surface area contributed by atoms with Gasteiger partial charge >= 0.3 is 5.97 Å². The largest absolute Gasteiger partial charge is 0.331 e. The Morgan fingerprint density at radius 2 is 1.63 bits per heavy atom. The molecule has 0 aliphatic heterocycles. The second kappa shape index (κ2) is 6.76. The van der Waals surface area contributed by atoms with E-state index in [0.717, 1.165) is 12.8 Å². The molecule has 138 valence electrons. The lowest BCUT2D eigenvalue weighted by molar-refractivity contribution is -0.140. The number of ketones is 1. The molecule has 0 amide bonds. The molecule has 2 aromatic carbocycles. The van der Waals surface area contributed by atoms with Crippen LogP contribution in [0.4, 0.5) is 0 Å². The van der Waals surface area contributed by atoms with Crippen molar-refractivity contribution in [3.63, 3.8) is 0 Å². The summed E-state index contributed by atoms with van der Waals surface area (Å²) >= 11 is 0. The summed E-state index contributed by atoms with van der Waals surface area (Å²) in [5.41, 5.74) is 5.97. The zero-order chi connectivity index (χ0) is 19.0. The molecule has 4 nitrogen and oxygen atoms in total. The predicted molar refractivity (Wildman–Crippen MR) is 105 cm³/mol. The second-order valence-corrected chi connectivity index (χ2v) is 7.54. The highest BCUT2D eigenvalue weighted by Gasteiger charge is 2.43. The van der Waals surface area contributed by atoms with E-state index >= 15 is 0 Å². The quantitative estimate of drug-likeness (QED) is 0.333. The number of fused-ring (bicyclic) bond motifs is 5. The van der Waals surface area contributed by atoms with E-state index in [1.807, 2.05) is 12.1 Å². The van der Waals surface area contributed by atoms with E-state index in [9.17, 15) is 9.59 Å². The molecule has 4 heteroatoms. The smallest absolute Gasteiger partial charge is 0.318 e. The van der Waals surface area contributed by atoms with Crippen molar-refractivity contribution in [3.05, 3.63) is 59.2 Å². The lowest BCUT2D eigenvalue weighted by Gasteiger charge is -2.36. The van der Waals surface area contributed by atoms with Gasteiger partial charge < -0.3 is 4.84 Å². The summed E-state index contributed by atoms with van der Waals surface area (Å²) in [6, 6.07) is 14.6. The standard InChI is InChI=1S/C23H23NO3/c1-15(24-27-16(2)25)22(26)17-10-11-19-18-8-4-5-9-20(18)23(21(19)14-17)12-6-3-7-13-23/h4-5,8-11,14H,3,6-7,12-13H2,1-2H3/b24-15+. The minimum atomic E-state index is -0.535. The number of oxime groups is 1. The molecule has 0 unspecified atom stereocenters. The SMILES string of the molecule is CC(=O)O/N=C(\C)C(=O)c1ccc2c(c1)C1(CCCCC1)c1ccccc1-2. The minimum absolute atomic E-state index is 0.0153. The van der Waals surface area contributed by atoms with Crippen LogP contribution in [0.5, 0.6) is 0 Å². The molecule has 0 heterocycles. The molecule has 2 aliphatic carbocycles. The summed E-state index contributed by atoms with van der Waals surface area (Å²) < 4.78 is 0. The Bertz CT molecular complexity index is 952. The van der Waals surface area contributed by atoms with E-state index in [4.69, 9.17) is 0 Å². The fraction of sp³-hybridized carbons (Fsp3) is 0.348. The topological polar surface area (TPSA) is 55.7 Å². The highest BCUT2D eigenvalue weighted by atomic mass is 16.7. The molecule has 2 aromatic rings. The zero-order valence-corrected chi connectivity index (χ0v) is 15.7. The van der Waals surface area contributed by atoms with Gasteiger partial charge in [0, 0.05) is 17.9 Å². The summed E-state index contributed by atoms with van der Waals surface area (Å²) in [4.78, 5) is 28.4. The predicted octanol–water partition coefficient (Wildman–Crippen LogP) is 5.04. The molecule has 0 N–H and O–H groups in total. The van der Waals surface area contributed by atoms with Crippen LogP contribution in [0.3, 0.4) is 0 Å². The van der Waals surface area contributed by atoms with Crippen molar-refractivity contribution in [3.8, 4) is 11.1 Å². The van der Waals surface area contributed by atoms with Gasteiger partial charge in [0.15, 0.2) is 0 Å². The van der Waals surface area contributed by atoms with Crippen molar-refractivity contribution in [2.75, 3.05) is 0 Å². The number of carbonyl (C=O) groups is 2. The average molecular weight is 361 g/mol. The Balaban J connectivity index is 1.79. The van der Waals surface area contributed by atoms with Crippen LogP contribution < -0.4 is 0 Å². The van der Waals surface area contributed by atoms with Crippen LogP contribution in [0.15, 0.2) is 47.6 Å². The van der Waals surface area contributed by atoms with Gasteiger partial charge in [0.25, 0.3) is 0 Å². The van der Waals surface area contributed by atoms with Gasteiger partial charge in [-0.25, -0.2) is 4.79 Å². The van der Waals surface area contributed by atoms with Crippen LogP contribution in [0, 0.1) is 0 Å². The summed E-state index contributed by atoms with van der Waals surface area (Å²) in [5, 5.41) is 3.65. The first kappa shape index (κ1) is 17.7. The van der Waals surface area contributed by atoms with Crippen LogP contribution in [0.2, 0.25) is 0 Å². The molecule has 0 radical (unpaired) electrons. The van der Waals surface area contributed by atoms with Crippen LogP contribution in [0.1, 0.15) is 67.4 Å². The Hall–Kier alpha value is -2.75. The van der Waals surface area contributed by atoms with Gasteiger partial charge in [0.05, 0.1) is 0 Å². The number of Topliss-reactive ketones (excluding diaryl/α,β-unsaturated/α-hetero) is 1. The van der Waals surface area contributed by atoms with Crippen molar-refractivity contribution < 1.29 is 14.4 Å². The summed E-state index contributed by atoms with van der Waals surface area (Å²) in [6.45, 7) is 2.84. The first-order chi connectivity index (χ1) is 13.0. The highest BCUT2D eigenvalue weighted by molar-refractivity contribution is 6.45. The van der Waals surface area contributed by atoms with Gasteiger partial charge in [-0.05, 0) is 48.1 Å². The van der Waals surface area contributed by atoms with E-state index in [-0.39, 0.29) is 16.9 Å². The molecule has 0 saturated heterocycles. The van der Waals surface area contributed by atoms with Crippen LogP contribution >= 0.6 is 0 Å². The van der Waals surface area contributed by atoms with Gasteiger partial charge in [-0.15, -0.1) is 0 Å². The van der Waals surface area contributed by atoms with E-state index in [2.05, 4.69) is 40.3 Å². The number of benzene rings is 2. The fourth-order valence-electron chi connectivity index (χ4n) is 4.67. The molecule has 2 aliphatic rings. The first-order valence-electron chi connectivity index (χ1n) is 9.54. The lowest BCUT2D eigenvalue weighted by Crippen LogP contribution is -2.28. The van der Waals surface area contributed by atoms with Crippen molar-refractivity contribution in [2.45, 2.75) is 51.4 Å². The monoisotopic (exact) mass is 361 g/mol. The van der Waals surface area contributed by atoms with Crippen LogP contribution in [0.25, 0.3) is 11.1 Å². The molecule has 27 heavy (non-hydrogen) atoms. The third-order valence-electron chi connectivity index (χ3n) is 5.88. The van der Waals surface area contributed by atoms with Gasteiger partial charge in [0.1, 0.15) is 5.71 Å². The van der Waals surface area contributed by atoms with Crippen LogP contribution in [-0.4, -0.2) is 17.5 Å². The molecule has 1 saturated carbocycles. The number of hydrogen-bond donors (Lipinski definition) is 0. The van der Waals surface area contributed by atoms with E-state index in [1.54, 1.807) is 6.92 Å². The number of hydrogen-bond acceptors (Lipinski definition) is 4. The normalized spacial score (nSPS) is 17.3. The Morgan fingerprint density at radius 3 is 2.37 bits per heavy atom. The van der Waals surface area contributed by atoms with Gasteiger partial charge in [-0.3, -0.25) is 4.79 Å². The van der Waals surface area contributed by atoms with E-state index < -0.39 is 5.97 Å². The van der Waals surface area contributed by atoms with E-state index in [0.29, 0.717) is 5.56 Å². The van der Waals surface area contributed by atoms with Crippen LogP contribution in [-0.2, 0) is 15.0 Å². The maximum atomic E-state index is 12.8. The average Bonchev–Trinajstić information content (AvgIpc) is 2.96. The highest BCUT2D eigenvalue weighted by Crippen LogP contribution is 2.55. The number of carbonyl (C=O) groups excluding carboxylic acids is 2. The van der Waals surface area contributed by atoms with Crippen molar-refractivity contribution in [2.24, 2.45) is 5.16 Å². The fourth-order valence-corrected chi connectivity index (χ4v) is 4.67. The first-order valence-corrected chi connectivity index (χ1v) is 9.54. The molecule has 1 fully saturated rings. The maximum absolute atomic E-state index is 12.8.